The molecule has 1 saturated carbocycles. The summed E-state index contributed by atoms with van der Waals surface area (Å²) in [5, 5.41) is 0. The van der Waals surface area contributed by atoms with Gasteiger partial charge in [0.25, 0.3) is 0 Å². The first-order valence-corrected chi connectivity index (χ1v) is 8.06. The molecule has 21 heavy (non-hydrogen) atoms. The monoisotopic (exact) mass is 308 g/mol. The molecule has 0 radical (unpaired) electrons. The lowest BCUT2D eigenvalue weighted by Gasteiger charge is -2.13. The number of aromatic nitrogens is 4. The first kappa shape index (κ1) is 14.6. The van der Waals surface area contributed by atoms with Crippen LogP contribution in [0, 0.1) is 11.8 Å². The van der Waals surface area contributed by atoms with Crippen molar-refractivity contribution < 1.29 is 4.74 Å². The van der Waals surface area contributed by atoms with Crippen molar-refractivity contribution in [1.82, 2.24) is 19.5 Å². The molecule has 6 heteroatoms. The molecule has 0 aliphatic heterocycles. The molecule has 0 aromatic carbocycles. The Morgan fingerprint density at radius 2 is 2.24 bits per heavy atom. The SMILES string of the molecule is COc1ncnc2c1nc(CCCl)n2CC1CCC(C)C1. The minimum Gasteiger partial charge on any atom is -0.479 e. The molecule has 5 nitrogen and oxygen atoms in total. The standard InChI is InChI=1S/C15H21ClN4O/c1-10-3-4-11(7-10)8-20-12(5-6-16)19-13-14(20)17-9-18-15(13)21-2/h9-11H,3-8H2,1-2H3. The van der Waals surface area contributed by atoms with E-state index < -0.39 is 0 Å². The second kappa shape index (κ2) is 6.18. The molecule has 114 valence electrons. The number of alkyl halides is 1. The van der Waals surface area contributed by atoms with Gasteiger partial charge in [-0.05, 0) is 24.7 Å². The largest absolute Gasteiger partial charge is 0.479 e. The highest BCUT2D eigenvalue weighted by molar-refractivity contribution is 6.17. The maximum Gasteiger partial charge on any atom is 0.245 e. The number of aryl methyl sites for hydroxylation is 1. The fraction of sp³-hybridized carbons (Fsp3) is 0.667. The molecule has 2 atom stereocenters. The van der Waals surface area contributed by atoms with Crippen LogP contribution < -0.4 is 4.74 Å². The van der Waals surface area contributed by atoms with Crippen molar-refractivity contribution in [2.24, 2.45) is 11.8 Å². The van der Waals surface area contributed by atoms with Gasteiger partial charge in [-0.3, -0.25) is 0 Å². The van der Waals surface area contributed by atoms with Crippen LogP contribution in [0.3, 0.4) is 0 Å². The quantitative estimate of drug-likeness (QED) is 0.797. The lowest BCUT2D eigenvalue weighted by atomic mass is 10.1. The van der Waals surface area contributed by atoms with Gasteiger partial charge >= 0.3 is 0 Å². The number of hydrogen-bond acceptors (Lipinski definition) is 4. The van der Waals surface area contributed by atoms with E-state index in [4.69, 9.17) is 16.3 Å². The molecule has 0 N–H and O–H groups in total. The normalized spacial score (nSPS) is 22.0. The molecular weight excluding hydrogens is 288 g/mol. The average Bonchev–Trinajstić information content (AvgIpc) is 3.04. The number of fused-ring (bicyclic) bond motifs is 1. The van der Waals surface area contributed by atoms with Crippen LogP contribution in [0.5, 0.6) is 5.88 Å². The molecule has 0 amide bonds. The summed E-state index contributed by atoms with van der Waals surface area (Å²) in [6, 6.07) is 0. The summed E-state index contributed by atoms with van der Waals surface area (Å²) in [5.41, 5.74) is 1.60. The minimum atomic E-state index is 0.536. The third-order valence-corrected chi connectivity index (χ3v) is 4.52. The molecule has 2 unspecified atom stereocenters. The van der Waals surface area contributed by atoms with E-state index in [1.807, 2.05) is 0 Å². The van der Waals surface area contributed by atoms with Crippen LogP contribution in [0.4, 0.5) is 0 Å². The Kier molecular flexibility index (Phi) is 4.29. The van der Waals surface area contributed by atoms with Crippen LogP contribution in [-0.4, -0.2) is 32.5 Å². The van der Waals surface area contributed by atoms with Gasteiger partial charge in [-0.15, -0.1) is 11.6 Å². The predicted octanol–water partition coefficient (Wildman–Crippen LogP) is 3.05. The zero-order valence-electron chi connectivity index (χ0n) is 12.5. The van der Waals surface area contributed by atoms with Gasteiger partial charge in [0.15, 0.2) is 11.2 Å². The third kappa shape index (κ3) is 2.84. The van der Waals surface area contributed by atoms with Crippen molar-refractivity contribution in [1.29, 1.82) is 0 Å². The minimum absolute atomic E-state index is 0.536. The molecule has 0 bridgehead atoms. The molecule has 1 fully saturated rings. The Morgan fingerprint density at radius 3 is 2.90 bits per heavy atom. The fourth-order valence-corrected chi connectivity index (χ4v) is 3.50. The van der Waals surface area contributed by atoms with E-state index in [9.17, 15) is 0 Å². The van der Waals surface area contributed by atoms with Crippen LogP contribution in [-0.2, 0) is 13.0 Å². The molecular formula is C15H21ClN4O. The smallest absolute Gasteiger partial charge is 0.245 e. The Morgan fingerprint density at radius 1 is 1.38 bits per heavy atom. The molecule has 2 heterocycles. The Balaban J connectivity index is 1.99. The molecule has 0 spiro atoms. The highest BCUT2D eigenvalue weighted by Crippen LogP contribution is 2.33. The van der Waals surface area contributed by atoms with Gasteiger partial charge < -0.3 is 9.30 Å². The van der Waals surface area contributed by atoms with Gasteiger partial charge in [0, 0.05) is 18.8 Å². The van der Waals surface area contributed by atoms with Gasteiger partial charge in [0.1, 0.15) is 12.2 Å². The molecule has 2 aromatic rings. The number of methoxy groups -OCH3 is 1. The first-order chi connectivity index (χ1) is 10.2. The van der Waals surface area contributed by atoms with Crippen molar-refractivity contribution in [2.45, 2.75) is 39.2 Å². The zero-order valence-corrected chi connectivity index (χ0v) is 13.3. The second-order valence-electron chi connectivity index (χ2n) is 5.92. The van der Waals surface area contributed by atoms with Crippen molar-refractivity contribution >= 4 is 22.8 Å². The van der Waals surface area contributed by atoms with Gasteiger partial charge in [-0.2, -0.15) is 4.98 Å². The van der Waals surface area contributed by atoms with Gasteiger partial charge in [-0.1, -0.05) is 13.3 Å². The molecule has 3 rings (SSSR count). The summed E-state index contributed by atoms with van der Waals surface area (Å²) in [6.45, 7) is 3.30. The number of hydrogen-bond donors (Lipinski definition) is 0. The van der Waals surface area contributed by atoms with E-state index in [0.717, 1.165) is 35.9 Å². The van der Waals surface area contributed by atoms with Crippen molar-refractivity contribution in [3.63, 3.8) is 0 Å². The molecule has 0 saturated heterocycles. The number of nitrogens with zero attached hydrogens (tertiary/aromatic N) is 4. The number of halogens is 1. The Labute approximate surface area is 129 Å². The Bertz CT molecular complexity index is 627. The predicted molar refractivity (Wildman–Crippen MR) is 82.8 cm³/mol. The maximum atomic E-state index is 5.93. The number of rotatable bonds is 5. The maximum absolute atomic E-state index is 5.93. The lowest BCUT2D eigenvalue weighted by molar-refractivity contribution is 0.401. The summed E-state index contributed by atoms with van der Waals surface area (Å²) < 4.78 is 7.51. The molecule has 1 aliphatic rings. The summed E-state index contributed by atoms with van der Waals surface area (Å²) in [4.78, 5) is 13.2. The average molecular weight is 309 g/mol. The van der Waals surface area contributed by atoms with Crippen molar-refractivity contribution in [2.75, 3.05) is 13.0 Å². The molecule has 2 aromatic heterocycles. The highest BCUT2D eigenvalue weighted by atomic mass is 35.5. The summed E-state index contributed by atoms with van der Waals surface area (Å²) in [6.07, 6.45) is 6.16. The summed E-state index contributed by atoms with van der Waals surface area (Å²) in [5.74, 6) is 3.60. The number of imidazole rings is 1. The zero-order chi connectivity index (χ0) is 14.8. The van der Waals surface area contributed by atoms with Gasteiger partial charge in [0.2, 0.25) is 5.88 Å². The second-order valence-corrected chi connectivity index (χ2v) is 6.29. The van der Waals surface area contributed by atoms with Gasteiger partial charge in [-0.25, -0.2) is 9.97 Å². The van der Waals surface area contributed by atoms with Crippen LogP contribution in [0.25, 0.3) is 11.2 Å². The van der Waals surface area contributed by atoms with E-state index in [2.05, 4.69) is 26.4 Å². The third-order valence-electron chi connectivity index (χ3n) is 4.33. The molecule has 1 aliphatic carbocycles. The lowest BCUT2D eigenvalue weighted by Crippen LogP contribution is -2.12. The highest BCUT2D eigenvalue weighted by Gasteiger charge is 2.24. The van der Waals surface area contributed by atoms with Gasteiger partial charge in [0.05, 0.1) is 7.11 Å². The number of ether oxygens (including phenoxy) is 1. The Hall–Kier alpha value is -1.36. The van der Waals surface area contributed by atoms with Crippen LogP contribution in [0.1, 0.15) is 32.0 Å². The van der Waals surface area contributed by atoms with E-state index >= 15 is 0 Å². The van der Waals surface area contributed by atoms with Crippen LogP contribution in [0.2, 0.25) is 0 Å². The van der Waals surface area contributed by atoms with Crippen molar-refractivity contribution in [3.8, 4) is 5.88 Å². The van der Waals surface area contributed by atoms with Crippen molar-refractivity contribution in [3.05, 3.63) is 12.2 Å². The van der Waals surface area contributed by atoms with E-state index in [1.54, 1.807) is 13.4 Å². The topological polar surface area (TPSA) is 52.8 Å². The first-order valence-electron chi connectivity index (χ1n) is 7.53. The fourth-order valence-electron chi connectivity index (χ4n) is 3.33. The summed E-state index contributed by atoms with van der Waals surface area (Å²) in [7, 11) is 1.61. The summed E-state index contributed by atoms with van der Waals surface area (Å²) >= 11 is 5.93. The van der Waals surface area contributed by atoms with E-state index in [0.29, 0.717) is 17.7 Å². The van der Waals surface area contributed by atoms with Crippen LogP contribution >= 0.6 is 11.6 Å². The van der Waals surface area contributed by atoms with Crippen LogP contribution in [0.15, 0.2) is 6.33 Å². The van der Waals surface area contributed by atoms with E-state index in [-0.39, 0.29) is 0 Å². The van der Waals surface area contributed by atoms with E-state index in [1.165, 1.54) is 19.3 Å².